The molecule has 1 unspecified atom stereocenters. The second-order valence-electron chi connectivity index (χ2n) is 8.26. The van der Waals surface area contributed by atoms with Crippen molar-refractivity contribution in [3.63, 3.8) is 0 Å². The van der Waals surface area contributed by atoms with Gasteiger partial charge in [0.2, 0.25) is 0 Å². The first-order chi connectivity index (χ1) is 15.2. The van der Waals surface area contributed by atoms with Crippen LogP contribution in [0.1, 0.15) is 57.1 Å². The van der Waals surface area contributed by atoms with Crippen molar-refractivity contribution in [3.05, 3.63) is 90.0 Å². The maximum Gasteiger partial charge on any atom is 0.0935 e. The molecule has 1 atom stereocenters. The molecule has 0 aromatic heterocycles. The second-order valence-corrected chi connectivity index (χ2v) is 8.26. The van der Waals surface area contributed by atoms with E-state index in [0.717, 1.165) is 23.6 Å². The fourth-order valence-electron chi connectivity index (χ4n) is 3.77. The van der Waals surface area contributed by atoms with E-state index in [1.165, 1.54) is 49.7 Å². The summed E-state index contributed by atoms with van der Waals surface area (Å²) in [5, 5.41) is 10.6. The quantitative estimate of drug-likeness (QED) is 0.198. The maximum atomic E-state index is 3.59. The Balaban J connectivity index is 1.49. The molecule has 0 aliphatic rings. The molecule has 0 aliphatic carbocycles. The number of benzene rings is 3. The summed E-state index contributed by atoms with van der Waals surface area (Å²) in [6.07, 6.45) is 7.99. The Labute approximate surface area is 188 Å². The zero-order valence-electron chi connectivity index (χ0n) is 19.0. The van der Waals surface area contributed by atoms with E-state index >= 15 is 0 Å². The highest BCUT2D eigenvalue weighted by Gasteiger charge is 2.06. The summed E-state index contributed by atoms with van der Waals surface area (Å²) in [5.74, 6) is 0. The molecule has 0 heterocycles. The van der Waals surface area contributed by atoms with Crippen molar-refractivity contribution in [2.24, 2.45) is 0 Å². The standard InChI is InChI=1S/C28H37N3/c1-3-4-5-6-8-13-24-18-20-25(21-19-24)22-29-27-16-11-12-17-28(27)31-23(2)30-26-14-9-7-10-15-26/h7,9-12,14-21,23,29-31H,3-6,8,13,22H2,1-2H3. The number of nitrogens with one attached hydrogen (secondary N) is 3. The molecule has 3 N–H and O–H groups in total. The minimum atomic E-state index is 0.113. The summed E-state index contributed by atoms with van der Waals surface area (Å²) in [6, 6.07) is 27.7. The van der Waals surface area contributed by atoms with Gasteiger partial charge in [-0.2, -0.15) is 0 Å². The van der Waals surface area contributed by atoms with Gasteiger partial charge in [-0.3, -0.25) is 0 Å². The average Bonchev–Trinajstić information content (AvgIpc) is 2.80. The molecule has 3 aromatic rings. The van der Waals surface area contributed by atoms with Crippen molar-refractivity contribution in [2.45, 2.75) is 65.1 Å². The zero-order chi connectivity index (χ0) is 21.7. The van der Waals surface area contributed by atoms with E-state index in [1.54, 1.807) is 0 Å². The van der Waals surface area contributed by atoms with Gasteiger partial charge in [0.25, 0.3) is 0 Å². The Hall–Kier alpha value is -2.94. The molecule has 31 heavy (non-hydrogen) atoms. The van der Waals surface area contributed by atoms with Gasteiger partial charge in [0, 0.05) is 12.2 Å². The molecule has 0 bridgehead atoms. The monoisotopic (exact) mass is 415 g/mol. The fraction of sp³-hybridized carbons (Fsp3) is 0.357. The van der Waals surface area contributed by atoms with Crippen molar-refractivity contribution in [3.8, 4) is 0 Å². The fourth-order valence-corrected chi connectivity index (χ4v) is 3.77. The Kier molecular flexibility index (Phi) is 9.31. The Morgan fingerprint density at radius 1 is 0.645 bits per heavy atom. The highest BCUT2D eigenvalue weighted by molar-refractivity contribution is 5.69. The lowest BCUT2D eigenvalue weighted by atomic mass is 10.0. The number of unbranched alkanes of at least 4 members (excludes halogenated alkanes) is 4. The van der Waals surface area contributed by atoms with Crippen LogP contribution in [0.25, 0.3) is 0 Å². The van der Waals surface area contributed by atoms with Crippen molar-refractivity contribution < 1.29 is 0 Å². The summed E-state index contributed by atoms with van der Waals surface area (Å²) >= 11 is 0. The van der Waals surface area contributed by atoms with Crippen LogP contribution in [0.3, 0.4) is 0 Å². The van der Waals surface area contributed by atoms with E-state index in [2.05, 4.69) is 90.5 Å². The van der Waals surface area contributed by atoms with Crippen LogP contribution in [0.15, 0.2) is 78.9 Å². The molecule has 3 aromatic carbocycles. The van der Waals surface area contributed by atoms with Gasteiger partial charge in [-0.25, -0.2) is 0 Å². The Bertz CT molecular complexity index is 874. The minimum absolute atomic E-state index is 0.113. The van der Waals surface area contributed by atoms with Gasteiger partial charge in [0.1, 0.15) is 0 Å². The van der Waals surface area contributed by atoms with E-state index in [4.69, 9.17) is 0 Å². The third-order valence-corrected chi connectivity index (χ3v) is 5.53. The molecule has 3 heteroatoms. The molecular formula is C28H37N3. The van der Waals surface area contributed by atoms with Gasteiger partial charge >= 0.3 is 0 Å². The maximum absolute atomic E-state index is 3.59. The summed E-state index contributed by atoms with van der Waals surface area (Å²) in [5.41, 5.74) is 6.08. The van der Waals surface area contributed by atoms with Gasteiger partial charge < -0.3 is 16.0 Å². The van der Waals surface area contributed by atoms with Crippen molar-refractivity contribution in [1.82, 2.24) is 0 Å². The van der Waals surface area contributed by atoms with Crippen LogP contribution in [-0.2, 0) is 13.0 Å². The predicted molar refractivity (Wildman–Crippen MR) is 136 cm³/mol. The molecule has 0 saturated carbocycles. The van der Waals surface area contributed by atoms with Gasteiger partial charge in [0.15, 0.2) is 0 Å². The van der Waals surface area contributed by atoms with Crippen LogP contribution >= 0.6 is 0 Å². The van der Waals surface area contributed by atoms with Crippen molar-refractivity contribution >= 4 is 17.1 Å². The van der Waals surface area contributed by atoms with E-state index in [1.807, 2.05) is 18.2 Å². The number of aryl methyl sites for hydroxylation is 1. The smallest absolute Gasteiger partial charge is 0.0935 e. The molecular weight excluding hydrogens is 378 g/mol. The molecule has 0 aliphatic heterocycles. The number of rotatable bonds is 13. The summed E-state index contributed by atoms with van der Waals surface area (Å²) < 4.78 is 0. The van der Waals surface area contributed by atoms with Crippen LogP contribution < -0.4 is 16.0 Å². The highest BCUT2D eigenvalue weighted by atomic mass is 15.1. The minimum Gasteiger partial charge on any atom is -0.379 e. The summed E-state index contributed by atoms with van der Waals surface area (Å²) in [7, 11) is 0. The third kappa shape index (κ3) is 8.01. The zero-order valence-corrected chi connectivity index (χ0v) is 19.0. The topological polar surface area (TPSA) is 36.1 Å². The SMILES string of the molecule is CCCCCCCc1ccc(CNc2ccccc2NC(C)Nc2ccccc2)cc1. The molecule has 0 spiro atoms. The van der Waals surface area contributed by atoms with Gasteiger partial charge in [-0.05, 0) is 55.2 Å². The van der Waals surface area contributed by atoms with E-state index in [0.29, 0.717) is 0 Å². The van der Waals surface area contributed by atoms with Crippen molar-refractivity contribution in [1.29, 1.82) is 0 Å². The predicted octanol–water partition coefficient (Wildman–Crippen LogP) is 7.68. The third-order valence-electron chi connectivity index (χ3n) is 5.53. The van der Waals surface area contributed by atoms with E-state index in [-0.39, 0.29) is 6.17 Å². The van der Waals surface area contributed by atoms with Crippen LogP contribution in [0.4, 0.5) is 17.1 Å². The summed E-state index contributed by atoms with van der Waals surface area (Å²) in [4.78, 5) is 0. The first kappa shape index (κ1) is 22.7. The average molecular weight is 416 g/mol. The molecule has 0 radical (unpaired) electrons. The molecule has 0 saturated heterocycles. The van der Waals surface area contributed by atoms with Crippen LogP contribution in [-0.4, -0.2) is 6.17 Å². The number of anilines is 3. The Morgan fingerprint density at radius 2 is 1.29 bits per heavy atom. The molecule has 164 valence electrons. The normalized spacial score (nSPS) is 11.7. The Morgan fingerprint density at radius 3 is 2.03 bits per heavy atom. The first-order valence-electron chi connectivity index (χ1n) is 11.7. The number of para-hydroxylation sites is 3. The van der Waals surface area contributed by atoms with Gasteiger partial charge in [-0.1, -0.05) is 87.2 Å². The van der Waals surface area contributed by atoms with E-state index in [9.17, 15) is 0 Å². The van der Waals surface area contributed by atoms with Crippen LogP contribution in [0.5, 0.6) is 0 Å². The second kappa shape index (κ2) is 12.7. The largest absolute Gasteiger partial charge is 0.379 e. The molecule has 3 rings (SSSR count). The lowest BCUT2D eigenvalue weighted by molar-refractivity contribution is 0.632. The highest BCUT2D eigenvalue weighted by Crippen LogP contribution is 2.23. The molecule has 0 fully saturated rings. The lowest BCUT2D eigenvalue weighted by Gasteiger charge is -2.21. The van der Waals surface area contributed by atoms with Crippen LogP contribution in [0, 0.1) is 0 Å². The summed E-state index contributed by atoms with van der Waals surface area (Å²) in [6.45, 7) is 5.21. The van der Waals surface area contributed by atoms with Crippen LogP contribution in [0.2, 0.25) is 0 Å². The van der Waals surface area contributed by atoms with E-state index < -0.39 is 0 Å². The van der Waals surface area contributed by atoms with Crippen molar-refractivity contribution in [2.75, 3.05) is 16.0 Å². The lowest BCUT2D eigenvalue weighted by Crippen LogP contribution is -2.25. The van der Waals surface area contributed by atoms with Gasteiger partial charge in [0.05, 0.1) is 17.5 Å². The van der Waals surface area contributed by atoms with Gasteiger partial charge in [-0.15, -0.1) is 0 Å². The molecule has 3 nitrogen and oxygen atoms in total. The number of hydrogen-bond acceptors (Lipinski definition) is 3. The number of hydrogen-bond donors (Lipinski definition) is 3. The molecule has 0 amide bonds. The first-order valence-corrected chi connectivity index (χ1v) is 11.7.